The zero-order valence-electron chi connectivity index (χ0n) is 8.48. The molecule has 0 bridgehead atoms. The van der Waals surface area contributed by atoms with E-state index in [1.54, 1.807) is 6.92 Å². The van der Waals surface area contributed by atoms with Crippen LogP contribution in [-0.4, -0.2) is 36.9 Å². The summed E-state index contributed by atoms with van der Waals surface area (Å²) < 4.78 is 15.2. The van der Waals surface area contributed by atoms with Crippen LogP contribution in [0, 0.1) is 0 Å². The van der Waals surface area contributed by atoms with Crippen LogP contribution in [0.2, 0.25) is 0 Å². The number of hydrogen-bond donors (Lipinski definition) is 0. The van der Waals surface area contributed by atoms with Gasteiger partial charge in [-0.2, -0.15) is 0 Å². The fourth-order valence-electron chi connectivity index (χ4n) is 1.42. The second kappa shape index (κ2) is 4.41. The van der Waals surface area contributed by atoms with Gasteiger partial charge in [0.25, 0.3) is 0 Å². The van der Waals surface area contributed by atoms with E-state index in [0.717, 1.165) is 0 Å². The maximum absolute atomic E-state index is 10.8. The van der Waals surface area contributed by atoms with Crippen LogP contribution in [0.5, 0.6) is 0 Å². The van der Waals surface area contributed by atoms with Crippen LogP contribution in [0.25, 0.3) is 0 Å². The highest BCUT2D eigenvalue weighted by molar-refractivity contribution is 5.67. The largest absolute Gasteiger partial charge is 0.456 e. The van der Waals surface area contributed by atoms with Crippen molar-refractivity contribution in [2.75, 3.05) is 6.61 Å². The Hall–Kier alpha value is -1.10. The Balaban J connectivity index is 2.56. The molecule has 0 radical (unpaired) electrons. The van der Waals surface area contributed by atoms with E-state index in [-0.39, 0.29) is 12.7 Å². The highest BCUT2D eigenvalue weighted by atomic mass is 16.6. The molecular formula is C9H14O5. The number of ether oxygens (including phenoxy) is 3. The summed E-state index contributed by atoms with van der Waals surface area (Å²) in [5, 5.41) is 0. The molecule has 1 aliphatic rings. The zero-order chi connectivity index (χ0) is 10.7. The number of hydrogen-bond acceptors (Lipinski definition) is 5. The Kier molecular flexibility index (Phi) is 3.46. The highest BCUT2D eigenvalue weighted by Crippen LogP contribution is 2.20. The molecule has 1 heterocycles. The van der Waals surface area contributed by atoms with Gasteiger partial charge in [0.1, 0.15) is 0 Å². The van der Waals surface area contributed by atoms with Crippen LogP contribution in [0.4, 0.5) is 0 Å². The van der Waals surface area contributed by atoms with Gasteiger partial charge < -0.3 is 14.2 Å². The third-order valence-electron chi connectivity index (χ3n) is 1.97. The molecule has 14 heavy (non-hydrogen) atoms. The van der Waals surface area contributed by atoms with Crippen molar-refractivity contribution in [2.24, 2.45) is 0 Å². The summed E-state index contributed by atoms with van der Waals surface area (Å²) in [5.74, 6) is -0.797. The predicted molar refractivity (Wildman–Crippen MR) is 46.5 cm³/mol. The molecule has 1 rings (SSSR count). The van der Waals surface area contributed by atoms with Crippen molar-refractivity contribution in [1.82, 2.24) is 0 Å². The van der Waals surface area contributed by atoms with Crippen molar-refractivity contribution < 1.29 is 23.8 Å². The Labute approximate surface area is 82.3 Å². The summed E-state index contributed by atoms with van der Waals surface area (Å²) in [4.78, 5) is 21.5. The fourth-order valence-corrected chi connectivity index (χ4v) is 1.42. The fraction of sp³-hybridized carbons (Fsp3) is 0.778. The second-order valence-corrected chi connectivity index (χ2v) is 3.26. The van der Waals surface area contributed by atoms with Gasteiger partial charge in [0.15, 0.2) is 12.2 Å². The summed E-state index contributed by atoms with van der Waals surface area (Å²) >= 11 is 0. The van der Waals surface area contributed by atoms with Gasteiger partial charge in [0, 0.05) is 13.8 Å². The minimum atomic E-state index is -0.489. The first-order chi connectivity index (χ1) is 6.50. The molecule has 1 fully saturated rings. The topological polar surface area (TPSA) is 61.8 Å². The minimum absolute atomic E-state index is 0.233. The molecule has 1 saturated heterocycles. The van der Waals surface area contributed by atoms with E-state index in [1.807, 2.05) is 0 Å². The second-order valence-electron chi connectivity index (χ2n) is 3.26. The summed E-state index contributed by atoms with van der Waals surface area (Å²) in [6, 6.07) is 0. The van der Waals surface area contributed by atoms with Crippen LogP contribution in [-0.2, 0) is 23.8 Å². The van der Waals surface area contributed by atoms with Gasteiger partial charge >= 0.3 is 11.9 Å². The third-order valence-corrected chi connectivity index (χ3v) is 1.97. The summed E-state index contributed by atoms with van der Waals surface area (Å²) in [6.45, 7) is 4.68. The molecule has 0 aromatic heterocycles. The van der Waals surface area contributed by atoms with E-state index >= 15 is 0 Å². The smallest absolute Gasteiger partial charge is 0.303 e. The average Bonchev–Trinajstić information content (AvgIpc) is 2.34. The standard InChI is InChI=1S/C9H14O5/c1-5-9(14-7(3)11)8(4-12-5)13-6(2)10/h5,8-9H,4H2,1-3H3. The van der Waals surface area contributed by atoms with E-state index in [4.69, 9.17) is 14.2 Å². The molecule has 3 atom stereocenters. The number of esters is 2. The Morgan fingerprint density at radius 3 is 2.29 bits per heavy atom. The van der Waals surface area contributed by atoms with Crippen LogP contribution < -0.4 is 0 Å². The molecule has 0 aromatic carbocycles. The van der Waals surface area contributed by atoms with Gasteiger partial charge in [-0.15, -0.1) is 0 Å². The molecule has 0 spiro atoms. The average molecular weight is 202 g/mol. The van der Waals surface area contributed by atoms with Gasteiger partial charge in [-0.25, -0.2) is 0 Å². The van der Waals surface area contributed by atoms with Gasteiger partial charge in [0.2, 0.25) is 0 Å². The quantitative estimate of drug-likeness (QED) is 0.601. The van der Waals surface area contributed by atoms with Gasteiger partial charge in [0.05, 0.1) is 12.7 Å². The van der Waals surface area contributed by atoms with E-state index in [9.17, 15) is 9.59 Å². The van der Waals surface area contributed by atoms with Gasteiger partial charge in [-0.05, 0) is 6.92 Å². The first-order valence-corrected chi connectivity index (χ1v) is 4.46. The molecule has 0 saturated carbocycles. The maximum atomic E-state index is 10.8. The van der Waals surface area contributed by atoms with Crippen LogP contribution >= 0.6 is 0 Å². The molecular weight excluding hydrogens is 188 g/mol. The lowest BCUT2D eigenvalue weighted by atomic mass is 10.2. The molecule has 0 aliphatic carbocycles. The Morgan fingerprint density at radius 2 is 1.79 bits per heavy atom. The minimum Gasteiger partial charge on any atom is -0.456 e. The Morgan fingerprint density at radius 1 is 1.21 bits per heavy atom. The molecule has 1 aliphatic heterocycles. The summed E-state index contributed by atoms with van der Waals surface area (Å²) in [6.07, 6.45) is -1.20. The Bertz CT molecular complexity index is 237. The molecule has 80 valence electrons. The monoisotopic (exact) mass is 202 g/mol. The normalized spacial score (nSPS) is 31.2. The number of carbonyl (C=O) groups excluding carboxylic acids is 2. The van der Waals surface area contributed by atoms with Crippen LogP contribution in [0.1, 0.15) is 20.8 Å². The van der Waals surface area contributed by atoms with E-state index in [2.05, 4.69) is 0 Å². The number of carbonyl (C=O) groups is 2. The maximum Gasteiger partial charge on any atom is 0.303 e. The van der Waals surface area contributed by atoms with Crippen molar-refractivity contribution in [3.63, 3.8) is 0 Å². The van der Waals surface area contributed by atoms with Gasteiger partial charge in [-0.3, -0.25) is 9.59 Å². The van der Waals surface area contributed by atoms with E-state index in [1.165, 1.54) is 13.8 Å². The van der Waals surface area contributed by atoms with Crippen molar-refractivity contribution in [2.45, 2.75) is 39.1 Å². The summed E-state index contributed by atoms with van der Waals surface area (Å²) in [7, 11) is 0. The van der Waals surface area contributed by atoms with Crippen molar-refractivity contribution in [1.29, 1.82) is 0 Å². The zero-order valence-corrected chi connectivity index (χ0v) is 8.48. The predicted octanol–water partition coefficient (Wildman–Crippen LogP) is 0.268. The highest BCUT2D eigenvalue weighted by Gasteiger charge is 2.39. The molecule has 0 N–H and O–H groups in total. The van der Waals surface area contributed by atoms with Crippen LogP contribution in [0.3, 0.4) is 0 Å². The lowest BCUT2D eigenvalue weighted by Gasteiger charge is -2.19. The van der Waals surface area contributed by atoms with Crippen molar-refractivity contribution in [3.05, 3.63) is 0 Å². The third kappa shape index (κ3) is 2.70. The lowest BCUT2D eigenvalue weighted by molar-refractivity contribution is -0.162. The SMILES string of the molecule is CC(=O)OC1COC(C)C1OC(C)=O. The first-order valence-electron chi connectivity index (χ1n) is 4.46. The summed E-state index contributed by atoms with van der Waals surface area (Å²) in [5.41, 5.74) is 0. The molecule has 3 unspecified atom stereocenters. The molecule has 0 amide bonds. The van der Waals surface area contributed by atoms with Crippen LogP contribution in [0.15, 0.2) is 0 Å². The van der Waals surface area contributed by atoms with E-state index < -0.39 is 24.1 Å². The van der Waals surface area contributed by atoms with Crippen molar-refractivity contribution in [3.8, 4) is 0 Å². The molecule has 5 heteroatoms. The number of rotatable bonds is 2. The first kappa shape index (κ1) is 11.0. The van der Waals surface area contributed by atoms with Crippen molar-refractivity contribution >= 4 is 11.9 Å². The van der Waals surface area contributed by atoms with E-state index in [0.29, 0.717) is 0 Å². The molecule has 0 aromatic rings. The lowest BCUT2D eigenvalue weighted by Crippen LogP contribution is -2.36. The van der Waals surface area contributed by atoms with Gasteiger partial charge in [-0.1, -0.05) is 0 Å². The molecule has 5 nitrogen and oxygen atoms in total.